The first-order chi connectivity index (χ1) is 12.4. The van der Waals surface area contributed by atoms with Gasteiger partial charge in [-0.3, -0.25) is 0 Å². The smallest absolute Gasteiger partial charge is 0.234 e. The molecule has 6 N–H and O–H groups in total. The fourth-order valence-electron chi connectivity index (χ4n) is 3.49. The lowest BCUT2D eigenvalue weighted by Gasteiger charge is -2.23. The van der Waals surface area contributed by atoms with Gasteiger partial charge in [0.2, 0.25) is 11.8 Å². The average molecular weight is 356 g/mol. The molecule has 3 aromatic rings. The van der Waals surface area contributed by atoms with Gasteiger partial charge in [-0.1, -0.05) is 36.4 Å². The van der Waals surface area contributed by atoms with E-state index in [1.54, 1.807) is 12.3 Å². The van der Waals surface area contributed by atoms with Crippen molar-refractivity contribution in [2.45, 2.75) is 30.8 Å². The van der Waals surface area contributed by atoms with Gasteiger partial charge >= 0.3 is 0 Å². The zero-order chi connectivity index (χ0) is 18.4. The number of nitrogens with one attached hydrogen (secondary N) is 2. The summed E-state index contributed by atoms with van der Waals surface area (Å²) in [5.74, 6) is -5.19. The summed E-state index contributed by atoms with van der Waals surface area (Å²) in [7, 11) is 0. The maximum absolute atomic E-state index is 10.2. The molecule has 1 saturated heterocycles. The van der Waals surface area contributed by atoms with Crippen molar-refractivity contribution in [1.82, 2.24) is 10.3 Å². The highest BCUT2D eigenvalue weighted by Crippen LogP contribution is 2.43. The van der Waals surface area contributed by atoms with Gasteiger partial charge in [-0.15, -0.1) is 0 Å². The lowest BCUT2D eigenvalue weighted by Crippen LogP contribution is -2.51. The van der Waals surface area contributed by atoms with Crippen molar-refractivity contribution in [2.75, 3.05) is 0 Å². The summed E-state index contributed by atoms with van der Waals surface area (Å²) >= 11 is 0. The number of benzene rings is 2. The van der Waals surface area contributed by atoms with Crippen molar-refractivity contribution in [1.29, 1.82) is 0 Å². The van der Waals surface area contributed by atoms with Crippen LogP contribution in [0, 0.1) is 0 Å². The SMILES string of the molecule is OC1(O)CC(c2c[nH]c3cccc(OCc4ccccc4)c23)C(O)(O)N1. The van der Waals surface area contributed by atoms with Crippen molar-refractivity contribution in [3.8, 4) is 5.75 Å². The number of ether oxygens (including phenoxy) is 1. The highest BCUT2D eigenvalue weighted by Gasteiger charge is 2.53. The van der Waals surface area contributed by atoms with Gasteiger partial charge in [0.25, 0.3) is 0 Å². The Balaban J connectivity index is 1.71. The van der Waals surface area contributed by atoms with E-state index >= 15 is 0 Å². The van der Waals surface area contributed by atoms with Crippen LogP contribution in [-0.2, 0) is 6.61 Å². The molecule has 1 aliphatic rings. The van der Waals surface area contributed by atoms with Crippen molar-refractivity contribution in [3.05, 3.63) is 65.9 Å². The zero-order valence-electron chi connectivity index (χ0n) is 13.9. The summed E-state index contributed by atoms with van der Waals surface area (Å²) in [6, 6.07) is 15.2. The van der Waals surface area contributed by atoms with Crippen molar-refractivity contribution < 1.29 is 25.2 Å². The Hall–Kier alpha value is -2.42. The van der Waals surface area contributed by atoms with Gasteiger partial charge in [0, 0.05) is 23.5 Å². The molecule has 0 bridgehead atoms. The first-order valence-corrected chi connectivity index (χ1v) is 8.31. The van der Waals surface area contributed by atoms with Gasteiger partial charge in [-0.25, -0.2) is 5.32 Å². The zero-order valence-corrected chi connectivity index (χ0v) is 13.9. The van der Waals surface area contributed by atoms with Crippen LogP contribution in [0.25, 0.3) is 10.9 Å². The minimum absolute atomic E-state index is 0.278. The van der Waals surface area contributed by atoms with Gasteiger partial charge in [-0.05, 0) is 23.3 Å². The quantitative estimate of drug-likeness (QED) is 0.390. The normalized spacial score (nSPS) is 21.2. The molecular weight excluding hydrogens is 336 g/mol. The van der Waals surface area contributed by atoms with Gasteiger partial charge in [0.1, 0.15) is 12.4 Å². The second-order valence-electron chi connectivity index (χ2n) is 6.62. The first-order valence-electron chi connectivity index (χ1n) is 8.31. The van der Waals surface area contributed by atoms with E-state index < -0.39 is 17.7 Å². The van der Waals surface area contributed by atoms with Crippen LogP contribution in [0.1, 0.15) is 23.5 Å². The number of aliphatic hydroxyl groups is 4. The summed E-state index contributed by atoms with van der Waals surface area (Å²) in [6.07, 6.45) is 1.36. The lowest BCUT2D eigenvalue weighted by atomic mass is 9.93. The minimum atomic E-state index is -2.45. The van der Waals surface area contributed by atoms with Crippen molar-refractivity contribution >= 4 is 10.9 Å². The molecule has 2 heterocycles. The van der Waals surface area contributed by atoms with Crippen LogP contribution in [0.3, 0.4) is 0 Å². The predicted octanol–water partition coefficient (Wildman–Crippen LogP) is 1.10. The lowest BCUT2D eigenvalue weighted by molar-refractivity contribution is -0.242. The topological polar surface area (TPSA) is 118 Å². The van der Waals surface area contributed by atoms with E-state index in [9.17, 15) is 20.4 Å². The van der Waals surface area contributed by atoms with E-state index in [0.29, 0.717) is 23.3 Å². The number of hydrogen-bond donors (Lipinski definition) is 6. The summed E-state index contributed by atoms with van der Waals surface area (Å²) in [5, 5.41) is 42.6. The number of aromatic nitrogens is 1. The molecule has 7 nitrogen and oxygen atoms in total. The van der Waals surface area contributed by atoms with Crippen LogP contribution in [0.15, 0.2) is 54.7 Å². The molecule has 136 valence electrons. The third-order valence-electron chi connectivity index (χ3n) is 4.67. The highest BCUT2D eigenvalue weighted by atomic mass is 16.6. The standard InChI is InChI=1S/C19H20N2O5/c22-18(23)9-14(19(24,25)21-18)13-10-20-15-7-4-8-16(17(13)15)26-11-12-5-2-1-3-6-12/h1-8,10,14,20-25H,9,11H2. The maximum atomic E-state index is 10.2. The monoisotopic (exact) mass is 356 g/mol. The summed E-state index contributed by atoms with van der Waals surface area (Å²) < 4.78 is 5.96. The van der Waals surface area contributed by atoms with E-state index in [0.717, 1.165) is 11.1 Å². The molecule has 26 heavy (non-hydrogen) atoms. The van der Waals surface area contributed by atoms with Crippen LogP contribution in [-0.4, -0.2) is 37.2 Å². The van der Waals surface area contributed by atoms with Gasteiger partial charge in [0.05, 0.1) is 5.92 Å². The number of aromatic amines is 1. The third kappa shape index (κ3) is 3.07. The molecule has 1 atom stereocenters. The van der Waals surface area contributed by atoms with Crippen LogP contribution in [0.2, 0.25) is 0 Å². The highest BCUT2D eigenvalue weighted by molar-refractivity contribution is 5.90. The van der Waals surface area contributed by atoms with Crippen molar-refractivity contribution in [2.24, 2.45) is 0 Å². The molecule has 0 saturated carbocycles. The molecule has 1 aliphatic heterocycles. The van der Waals surface area contributed by atoms with Crippen LogP contribution in [0.4, 0.5) is 0 Å². The van der Waals surface area contributed by atoms with E-state index in [1.165, 1.54) is 0 Å². The maximum Gasteiger partial charge on any atom is 0.234 e. The van der Waals surface area contributed by atoms with E-state index in [1.807, 2.05) is 47.8 Å². The Kier molecular flexibility index (Phi) is 3.98. The van der Waals surface area contributed by atoms with E-state index in [4.69, 9.17) is 4.74 Å². The molecule has 2 aromatic carbocycles. The predicted molar refractivity (Wildman–Crippen MR) is 93.9 cm³/mol. The number of fused-ring (bicyclic) bond motifs is 1. The first kappa shape index (κ1) is 17.0. The van der Waals surface area contributed by atoms with Gasteiger partial charge in [-0.2, -0.15) is 0 Å². The van der Waals surface area contributed by atoms with Gasteiger partial charge < -0.3 is 30.1 Å². The largest absolute Gasteiger partial charge is 0.488 e. The molecule has 1 fully saturated rings. The van der Waals surface area contributed by atoms with Gasteiger partial charge in [0.15, 0.2) is 0 Å². The van der Waals surface area contributed by atoms with E-state index in [-0.39, 0.29) is 6.42 Å². The number of H-pyrrole nitrogens is 1. The summed E-state index contributed by atoms with van der Waals surface area (Å²) in [4.78, 5) is 3.08. The fourth-order valence-corrected chi connectivity index (χ4v) is 3.49. The molecule has 7 heteroatoms. The molecule has 0 aliphatic carbocycles. The molecule has 0 radical (unpaired) electrons. The molecule has 1 aromatic heterocycles. The average Bonchev–Trinajstić information content (AvgIpc) is 3.11. The third-order valence-corrected chi connectivity index (χ3v) is 4.67. The van der Waals surface area contributed by atoms with Crippen LogP contribution in [0.5, 0.6) is 5.75 Å². The molecule has 4 rings (SSSR count). The second-order valence-corrected chi connectivity index (χ2v) is 6.62. The Morgan fingerprint density at radius 1 is 1.00 bits per heavy atom. The molecule has 0 spiro atoms. The van der Waals surface area contributed by atoms with Crippen LogP contribution < -0.4 is 10.1 Å². The molecule has 1 unspecified atom stereocenters. The fraction of sp³-hybridized carbons (Fsp3) is 0.263. The van der Waals surface area contributed by atoms with Crippen molar-refractivity contribution in [3.63, 3.8) is 0 Å². The molecule has 0 amide bonds. The Labute approximate surface area is 149 Å². The Morgan fingerprint density at radius 2 is 1.77 bits per heavy atom. The van der Waals surface area contributed by atoms with Crippen LogP contribution >= 0.6 is 0 Å². The Bertz CT molecular complexity index is 920. The number of rotatable bonds is 4. The van der Waals surface area contributed by atoms with E-state index in [2.05, 4.69) is 4.98 Å². The second kappa shape index (κ2) is 6.08. The summed E-state index contributed by atoms with van der Waals surface area (Å²) in [5.41, 5.74) is 2.30. The summed E-state index contributed by atoms with van der Waals surface area (Å²) in [6.45, 7) is 0.362. The Morgan fingerprint density at radius 3 is 2.46 bits per heavy atom. The molecular formula is C19H20N2O5. The number of hydrogen-bond acceptors (Lipinski definition) is 6. The minimum Gasteiger partial charge on any atom is -0.488 e.